The number of hydrogen-bond donors (Lipinski definition) is 1. The minimum absolute atomic E-state index is 0.214. The number of esters is 1. The third-order valence-electron chi connectivity index (χ3n) is 2.32. The van der Waals surface area contributed by atoms with Gasteiger partial charge in [-0.3, -0.25) is 4.79 Å². The molecule has 0 aliphatic rings. The Morgan fingerprint density at radius 3 is 2.61 bits per heavy atom. The lowest BCUT2D eigenvalue weighted by molar-refractivity contribution is -0.136. The fraction of sp³-hybridized carbons (Fsp3) is 0.385. The molecule has 0 aromatic heterocycles. The predicted octanol–water partition coefficient (Wildman–Crippen LogP) is 1.26. The van der Waals surface area contributed by atoms with E-state index in [1.54, 1.807) is 31.2 Å². The molecule has 0 saturated carbocycles. The minimum atomic E-state index is -0.340. The van der Waals surface area contributed by atoms with Gasteiger partial charge in [0.05, 0.1) is 0 Å². The van der Waals surface area contributed by atoms with Crippen LogP contribution in [0.4, 0.5) is 0 Å². The Balaban J connectivity index is 2.52. The molecule has 18 heavy (non-hydrogen) atoms. The van der Waals surface area contributed by atoms with Gasteiger partial charge in [-0.1, -0.05) is 19.1 Å². The smallest absolute Gasteiger partial charge is 0.328 e. The Morgan fingerprint density at radius 1 is 1.39 bits per heavy atom. The number of carbonyl (C=O) groups excluding carboxylic acids is 2. The van der Waals surface area contributed by atoms with Crippen molar-refractivity contribution in [2.24, 2.45) is 0 Å². The van der Waals surface area contributed by atoms with Gasteiger partial charge in [-0.15, -0.1) is 0 Å². The van der Waals surface area contributed by atoms with Crippen molar-refractivity contribution in [3.8, 4) is 5.75 Å². The third-order valence-corrected chi connectivity index (χ3v) is 2.32. The number of ether oxygens (including phenoxy) is 2. The van der Waals surface area contributed by atoms with Crippen LogP contribution >= 0.6 is 0 Å². The van der Waals surface area contributed by atoms with Crippen LogP contribution in [0.2, 0.25) is 0 Å². The van der Waals surface area contributed by atoms with Crippen LogP contribution in [0, 0.1) is 0 Å². The summed E-state index contributed by atoms with van der Waals surface area (Å²) < 4.78 is 9.79. The highest BCUT2D eigenvalue weighted by atomic mass is 16.5. The van der Waals surface area contributed by atoms with Crippen molar-refractivity contribution in [3.63, 3.8) is 0 Å². The molecule has 1 aromatic carbocycles. The number of carbonyl (C=O) groups is 2. The first-order valence-corrected chi connectivity index (χ1v) is 5.76. The van der Waals surface area contributed by atoms with Gasteiger partial charge >= 0.3 is 5.97 Å². The van der Waals surface area contributed by atoms with Gasteiger partial charge in [0.15, 0.2) is 0 Å². The molecule has 5 heteroatoms. The number of likely N-dealkylation sites (N-methyl/N-ethyl adjacent to an activating group) is 1. The Morgan fingerprint density at radius 2 is 2.06 bits per heavy atom. The highest BCUT2D eigenvalue weighted by Crippen LogP contribution is 2.13. The second-order valence-corrected chi connectivity index (χ2v) is 3.75. The zero-order valence-electron chi connectivity index (χ0n) is 10.5. The minimum Gasteiger partial charge on any atom is -0.463 e. The van der Waals surface area contributed by atoms with E-state index in [1.165, 1.54) is 0 Å². The van der Waals surface area contributed by atoms with Crippen LogP contribution in [-0.2, 0) is 20.9 Å². The molecule has 0 radical (unpaired) electrons. The zero-order chi connectivity index (χ0) is 13.4. The van der Waals surface area contributed by atoms with E-state index in [2.05, 4.69) is 10.1 Å². The van der Waals surface area contributed by atoms with Crippen LogP contribution in [0.5, 0.6) is 5.75 Å². The Kier molecular flexibility index (Phi) is 5.87. The molecule has 0 amide bonds. The van der Waals surface area contributed by atoms with Crippen LogP contribution < -0.4 is 10.1 Å². The molecule has 0 fully saturated rings. The molecule has 5 nitrogen and oxygen atoms in total. The fourth-order valence-corrected chi connectivity index (χ4v) is 1.38. The van der Waals surface area contributed by atoms with Crippen LogP contribution in [0.3, 0.4) is 0 Å². The monoisotopic (exact) mass is 251 g/mol. The summed E-state index contributed by atoms with van der Waals surface area (Å²) in [5.74, 6) is 0.147. The molecule has 0 bridgehead atoms. The lowest BCUT2D eigenvalue weighted by atomic mass is 10.2. The van der Waals surface area contributed by atoms with Crippen molar-refractivity contribution >= 4 is 12.4 Å². The molecule has 1 unspecified atom stereocenters. The van der Waals surface area contributed by atoms with Gasteiger partial charge in [-0.05, 0) is 31.2 Å². The first kappa shape index (κ1) is 14.2. The van der Waals surface area contributed by atoms with Gasteiger partial charge in [-0.25, -0.2) is 4.79 Å². The maximum Gasteiger partial charge on any atom is 0.328 e. The summed E-state index contributed by atoms with van der Waals surface area (Å²) in [5.41, 5.74) is 0.835. The maximum absolute atomic E-state index is 11.6. The van der Waals surface area contributed by atoms with E-state index >= 15 is 0 Å². The zero-order valence-corrected chi connectivity index (χ0v) is 10.5. The van der Waals surface area contributed by atoms with Crippen molar-refractivity contribution in [1.82, 2.24) is 5.32 Å². The van der Waals surface area contributed by atoms with Gasteiger partial charge in [-0.2, -0.15) is 0 Å². The SMILES string of the molecule is CCNC(C)C(=O)Oc1ccc(COC=O)cc1. The highest BCUT2D eigenvalue weighted by molar-refractivity contribution is 5.77. The molecule has 0 aliphatic heterocycles. The average Bonchev–Trinajstić information content (AvgIpc) is 2.38. The Hall–Kier alpha value is -1.88. The second-order valence-electron chi connectivity index (χ2n) is 3.75. The molecule has 0 spiro atoms. The first-order valence-electron chi connectivity index (χ1n) is 5.76. The normalized spacial score (nSPS) is 11.7. The molecule has 1 N–H and O–H groups in total. The largest absolute Gasteiger partial charge is 0.463 e. The summed E-state index contributed by atoms with van der Waals surface area (Å²) in [7, 11) is 0. The van der Waals surface area contributed by atoms with E-state index in [9.17, 15) is 9.59 Å². The molecule has 98 valence electrons. The van der Waals surface area contributed by atoms with Crippen LogP contribution in [0.15, 0.2) is 24.3 Å². The molecule has 1 rings (SSSR count). The van der Waals surface area contributed by atoms with E-state index in [1.807, 2.05) is 6.92 Å². The van der Waals surface area contributed by atoms with E-state index in [4.69, 9.17) is 4.74 Å². The third kappa shape index (κ3) is 4.55. The maximum atomic E-state index is 11.6. The van der Waals surface area contributed by atoms with Gasteiger partial charge in [0, 0.05) is 0 Å². The van der Waals surface area contributed by atoms with Crippen LogP contribution in [0.1, 0.15) is 19.4 Å². The van der Waals surface area contributed by atoms with E-state index < -0.39 is 0 Å². The molecule has 0 aliphatic carbocycles. The summed E-state index contributed by atoms with van der Waals surface area (Å²) in [6, 6.07) is 6.47. The van der Waals surface area contributed by atoms with E-state index in [-0.39, 0.29) is 18.6 Å². The predicted molar refractivity (Wildman–Crippen MR) is 66.1 cm³/mol. The lowest BCUT2D eigenvalue weighted by Crippen LogP contribution is -2.36. The number of rotatable bonds is 7. The summed E-state index contributed by atoms with van der Waals surface area (Å²) >= 11 is 0. The van der Waals surface area contributed by atoms with Gasteiger partial charge in [0.2, 0.25) is 0 Å². The highest BCUT2D eigenvalue weighted by Gasteiger charge is 2.13. The van der Waals surface area contributed by atoms with Crippen LogP contribution in [-0.4, -0.2) is 25.0 Å². The van der Waals surface area contributed by atoms with Crippen molar-refractivity contribution in [2.75, 3.05) is 6.54 Å². The first-order chi connectivity index (χ1) is 8.67. The molecule has 0 saturated heterocycles. The number of benzene rings is 1. The van der Waals surface area contributed by atoms with Gasteiger partial charge in [0.1, 0.15) is 18.4 Å². The quantitative estimate of drug-likeness (QED) is 0.449. The number of hydrogen-bond acceptors (Lipinski definition) is 5. The van der Waals surface area contributed by atoms with Crippen molar-refractivity contribution in [3.05, 3.63) is 29.8 Å². The fourth-order valence-electron chi connectivity index (χ4n) is 1.38. The summed E-state index contributed by atoms with van der Waals surface area (Å²) in [6.07, 6.45) is 0. The van der Waals surface area contributed by atoms with Crippen molar-refractivity contribution in [2.45, 2.75) is 26.5 Å². The number of nitrogens with one attached hydrogen (secondary N) is 1. The van der Waals surface area contributed by atoms with Crippen LogP contribution in [0.25, 0.3) is 0 Å². The van der Waals surface area contributed by atoms with E-state index in [0.717, 1.165) is 5.56 Å². The Bertz CT molecular complexity index is 388. The summed E-state index contributed by atoms with van der Waals surface area (Å²) in [4.78, 5) is 21.6. The van der Waals surface area contributed by atoms with Gasteiger partial charge in [0.25, 0.3) is 6.47 Å². The molecule has 1 aromatic rings. The lowest BCUT2D eigenvalue weighted by Gasteiger charge is -2.11. The van der Waals surface area contributed by atoms with E-state index in [0.29, 0.717) is 18.8 Å². The topological polar surface area (TPSA) is 64.6 Å². The van der Waals surface area contributed by atoms with Crippen molar-refractivity contribution in [1.29, 1.82) is 0 Å². The average molecular weight is 251 g/mol. The standard InChI is InChI=1S/C13H17NO4/c1-3-14-10(2)13(16)18-12-6-4-11(5-7-12)8-17-9-15/h4-7,9-10,14H,3,8H2,1-2H3. The molecule has 0 heterocycles. The Labute approximate surface area is 106 Å². The summed E-state index contributed by atoms with van der Waals surface area (Å²) in [6.45, 7) is 4.99. The van der Waals surface area contributed by atoms with Gasteiger partial charge < -0.3 is 14.8 Å². The molecular weight excluding hydrogens is 234 g/mol. The molecular formula is C13H17NO4. The molecule has 1 atom stereocenters. The summed E-state index contributed by atoms with van der Waals surface area (Å²) in [5, 5.41) is 2.97. The second kappa shape index (κ2) is 7.45. The van der Waals surface area contributed by atoms with Crippen molar-refractivity contribution < 1.29 is 19.1 Å².